The zero-order valence-corrected chi connectivity index (χ0v) is 14.6. The van der Waals surface area contributed by atoms with Gasteiger partial charge >= 0.3 is 5.97 Å². The lowest BCUT2D eigenvalue weighted by Crippen LogP contribution is -2.29. The molecule has 0 saturated carbocycles. The summed E-state index contributed by atoms with van der Waals surface area (Å²) in [5.74, 6) is -1.20. The molecule has 1 atom stereocenters. The number of hydrogen-bond donors (Lipinski definition) is 1. The molecule has 1 amide bonds. The van der Waals surface area contributed by atoms with E-state index in [1.54, 1.807) is 36.4 Å². The van der Waals surface area contributed by atoms with Gasteiger partial charge in [0.2, 0.25) is 5.76 Å². The number of amides is 1. The zero-order valence-electron chi connectivity index (χ0n) is 13.1. The van der Waals surface area contributed by atoms with Gasteiger partial charge in [-0.2, -0.15) is 0 Å². The van der Waals surface area contributed by atoms with E-state index in [0.29, 0.717) is 21.3 Å². The molecule has 5 nitrogen and oxygen atoms in total. The number of anilines is 1. The zero-order chi connectivity index (χ0) is 18.0. The van der Waals surface area contributed by atoms with Crippen LogP contribution in [-0.4, -0.2) is 18.0 Å². The third-order valence-corrected chi connectivity index (χ3v) is 3.85. The van der Waals surface area contributed by atoms with Crippen molar-refractivity contribution in [1.82, 2.24) is 0 Å². The summed E-state index contributed by atoms with van der Waals surface area (Å²) in [4.78, 5) is 24.3. The minimum Gasteiger partial charge on any atom is -0.449 e. The molecule has 128 valence electrons. The average Bonchev–Trinajstić information content (AvgIpc) is 2.97. The molecule has 2 aromatic carbocycles. The fourth-order valence-electron chi connectivity index (χ4n) is 2.22. The highest BCUT2D eigenvalue weighted by molar-refractivity contribution is 6.35. The molecule has 0 radical (unpaired) electrons. The van der Waals surface area contributed by atoms with Crippen molar-refractivity contribution in [2.45, 2.75) is 13.0 Å². The van der Waals surface area contributed by atoms with Gasteiger partial charge in [-0.15, -0.1) is 0 Å². The Labute approximate surface area is 153 Å². The van der Waals surface area contributed by atoms with Gasteiger partial charge in [-0.05, 0) is 37.3 Å². The van der Waals surface area contributed by atoms with E-state index in [1.165, 1.54) is 6.92 Å². The number of rotatable bonds is 4. The molecule has 3 rings (SSSR count). The lowest BCUT2D eigenvalue weighted by Gasteiger charge is -2.13. The largest absolute Gasteiger partial charge is 0.449 e. The summed E-state index contributed by atoms with van der Waals surface area (Å²) in [5.41, 5.74) is 0.981. The van der Waals surface area contributed by atoms with Crippen molar-refractivity contribution in [2.24, 2.45) is 0 Å². The highest BCUT2D eigenvalue weighted by Gasteiger charge is 2.21. The van der Waals surface area contributed by atoms with E-state index in [9.17, 15) is 9.59 Å². The SMILES string of the molecule is C[C@@H](OC(=O)c1cc2ccccc2o1)C(=O)Nc1cc(Cl)cc(Cl)c1. The maximum atomic E-state index is 12.2. The molecular formula is C18H13Cl2NO4. The molecule has 0 aliphatic rings. The Morgan fingerprint density at radius 3 is 2.44 bits per heavy atom. The predicted molar refractivity (Wildman–Crippen MR) is 96.2 cm³/mol. The fraction of sp³-hybridized carbons (Fsp3) is 0.111. The third kappa shape index (κ3) is 4.13. The summed E-state index contributed by atoms with van der Waals surface area (Å²) in [6.07, 6.45) is -1.03. The Morgan fingerprint density at radius 2 is 1.76 bits per heavy atom. The van der Waals surface area contributed by atoms with Crippen LogP contribution < -0.4 is 5.32 Å². The van der Waals surface area contributed by atoms with E-state index in [0.717, 1.165) is 5.39 Å². The second-order valence-electron chi connectivity index (χ2n) is 5.34. The molecule has 0 saturated heterocycles. The average molecular weight is 378 g/mol. The minimum absolute atomic E-state index is 0.0339. The monoisotopic (exact) mass is 377 g/mol. The van der Waals surface area contributed by atoms with Crippen LogP contribution in [0.15, 0.2) is 52.9 Å². The maximum absolute atomic E-state index is 12.2. The van der Waals surface area contributed by atoms with Crippen LogP contribution >= 0.6 is 23.2 Å². The number of hydrogen-bond acceptors (Lipinski definition) is 4. The summed E-state index contributed by atoms with van der Waals surface area (Å²) < 4.78 is 10.6. The summed E-state index contributed by atoms with van der Waals surface area (Å²) in [7, 11) is 0. The number of halogens is 2. The quantitative estimate of drug-likeness (QED) is 0.654. The smallest absolute Gasteiger partial charge is 0.375 e. The Kier molecular flexibility index (Phi) is 4.97. The number of ether oxygens (including phenoxy) is 1. The van der Waals surface area contributed by atoms with Crippen molar-refractivity contribution in [2.75, 3.05) is 5.32 Å². The van der Waals surface area contributed by atoms with Gasteiger partial charge in [0.05, 0.1) is 0 Å². The van der Waals surface area contributed by atoms with Gasteiger partial charge in [0.15, 0.2) is 6.10 Å². The van der Waals surface area contributed by atoms with Gasteiger partial charge in [-0.3, -0.25) is 4.79 Å². The molecule has 0 unspecified atom stereocenters. The van der Waals surface area contributed by atoms with E-state index < -0.39 is 18.0 Å². The Balaban J connectivity index is 1.67. The van der Waals surface area contributed by atoms with Crippen LogP contribution in [0.3, 0.4) is 0 Å². The number of furan rings is 1. The van der Waals surface area contributed by atoms with Gasteiger partial charge in [-0.25, -0.2) is 4.79 Å². The first-order valence-electron chi connectivity index (χ1n) is 7.39. The van der Waals surface area contributed by atoms with Crippen LogP contribution in [-0.2, 0) is 9.53 Å². The van der Waals surface area contributed by atoms with E-state index in [-0.39, 0.29) is 5.76 Å². The van der Waals surface area contributed by atoms with Gasteiger partial charge in [0.25, 0.3) is 5.91 Å². The van der Waals surface area contributed by atoms with E-state index >= 15 is 0 Å². The summed E-state index contributed by atoms with van der Waals surface area (Å²) in [6.45, 7) is 1.46. The molecule has 1 heterocycles. The number of benzene rings is 2. The van der Waals surface area contributed by atoms with Crippen LogP contribution in [0.2, 0.25) is 10.0 Å². The van der Waals surface area contributed by atoms with Crippen molar-refractivity contribution < 1.29 is 18.7 Å². The highest BCUT2D eigenvalue weighted by Crippen LogP contribution is 2.23. The number of esters is 1. The van der Waals surface area contributed by atoms with Gasteiger partial charge in [0.1, 0.15) is 5.58 Å². The molecule has 0 fully saturated rings. The third-order valence-electron chi connectivity index (χ3n) is 3.41. The normalized spacial score (nSPS) is 12.0. The molecule has 7 heteroatoms. The van der Waals surface area contributed by atoms with Crippen molar-refractivity contribution >= 4 is 51.7 Å². The number of carbonyl (C=O) groups excluding carboxylic acids is 2. The van der Waals surface area contributed by atoms with Crippen LogP contribution in [0.25, 0.3) is 11.0 Å². The lowest BCUT2D eigenvalue weighted by atomic mass is 10.2. The topological polar surface area (TPSA) is 68.5 Å². The standard InChI is InChI=1S/C18H13Cl2NO4/c1-10(17(22)21-14-8-12(19)7-13(20)9-14)24-18(23)16-6-11-4-2-3-5-15(11)25-16/h2-10H,1H3,(H,21,22)/t10-/m1/s1. The second kappa shape index (κ2) is 7.17. The molecule has 0 spiro atoms. The summed E-state index contributed by atoms with van der Waals surface area (Å²) in [6, 6.07) is 13.4. The molecular weight excluding hydrogens is 365 g/mol. The van der Waals surface area contributed by atoms with Crippen LogP contribution in [0.1, 0.15) is 17.5 Å². The Bertz CT molecular complexity index is 898. The first kappa shape index (κ1) is 17.3. The van der Waals surface area contributed by atoms with Gasteiger partial charge in [-0.1, -0.05) is 41.4 Å². The fourth-order valence-corrected chi connectivity index (χ4v) is 2.75. The minimum atomic E-state index is -1.03. The number of fused-ring (bicyclic) bond motifs is 1. The van der Waals surface area contributed by atoms with Crippen LogP contribution in [0.4, 0.5) is 5.69 Å². The highest BCUT2D eigenvalue weighted by atomic mass is 35.5. The lowest BCUT2D eigenvalue weighted by molar-refractivity contribution is -0.123. The van der Waals surface area contributed by atoms with E-state index in [2.05, 4.69) is 5.32 Å². The molecule has 25 heavy (non-hydrogen) atoms. The number of carbonyl (C=O) groups is 2. The summed E-state index contributed by atoms with van der Waals surface area (Å²) >= 11 is 11.8. The predicted octanol–water partition coefficient (Wildman–Crippen LogP) is 4.92. The first-order chi connectivity index (χ1) is 11.9. The number of nitrogens with one attached hydrogen (secondary N) is 1. The maximum Gasteiger partial charge on any atom is 0.375 e. The van der Waals surface area contributed by atoms with Crippen molar-refractivity contribution in [1.29, 1.82) is 0 Å². The van der Waals surface area contributed by atoms with Crippen molar-refractivity contribution in [3.05, 3.63) is 64.3 Å². The first-order valence-corrected chi connectivity index (χ1v) is 8.14. The van der Waals surface area contributed by atoms with Gasteiger partial charge < -0.3 is 14.5 Å². The van der Waals surface area contributed by atoms with Crippen molar-refractivity contribution in [3.8, 4) is 0 Å². The second-order valence-corrected chi connectivity index (χ2v) is 6.22. The summed E-state index contributed by atoms with van der Waals surface area (Å²) in [5, 5.41) is 4.14. The molecule has 1 N–H and O–H groups in total. The van der Waals surface area contributed by atoms with E-state index in [1.807, 2.05) is 12.1 Å². The van der Waals surface area contributed by atoms with E-state index in [4.69, 9.17) is 32.4 Å². The number of para-hydroxylation sites is 1. The molecule has 0 aliphatic heterocycles. The molecule has 3 aromatic rings. The van der Waals surface area contributed by atoms with Crippen molar-refractivity contribution in [3.63, 3.8) is 0 Å². The van der Waals surface area contributed by atoms with Crippen LogP contribution in [0, 0.1) is 0 Å². The Hall–Kier alpha value is -2.50. The van der Waals surface area contributed by atoms with Crippen LogP contribution in [0.5, 0.6) is 0 Å². The molecule has 1 aromatic heterocycles. The molecule has 0 aliphatic carbocycles. The Morgan fingerprint density at radius 1 is 1.08 bits per heavy atom. The molecule has 0 bridgehead atoms. The van der Waals surface area contributed by atoms with Gasteiger partial charge in [0, 0.05) is 21.1 Å².